The summed E-state index contributed by atoms with van der Waals surface area (Å²) < 4.78 is 0. The summed E-state index contributed by atoms with van der Waals surface area (Å²) in [5.74, 6) is 6.93. The van der Waals surface area contributed by atoms with E-state index in [1.165, 1.54) is 0 Å². The van der Waals surface area contributed by atoms with Crippen molar-refractivity contribution in [1.82, 2.24) is 14.9 Å². The van der Waals surface area contributed by atoms with Crippen LogP contribution in [-0.2, 0) is 4.79 Å². The minimum atomic E-state index is 0.0749. The molecule has 5 N–H and O–H groups in total. The van der Waals surface area contributed by atoms with Crippen LogP contribution in [0.2, 0.25) is 0 Å². The Labute approximate surface area is 140 Å². The van der Waals surface area contributed by atoms with Gasteiger partial charge < -0.3 is 21.0 Å². The summed E-state index contributed by atoms with van der Waals surface area (Å²) >= 11 is 0. The number of anilines is 4. The van der Waals surface area contributed by atoms with E-state index in [2.05, 4.69) is 26.0 Å². The van der Waals surface area contributed by atoms with Crippen molar-refractivity contribution < 1.29 is 4.79 Å². The number of amides is 1. The van der Waals surface area contributed by atoms with Crippen LogP contribution in [0.25, 0.3) is 0 Å². The van der Waals surface area contributed by atoms with E-state index in [4.69, 9.17) is 5.84 Å². The lowest BCUT2D eigenvalue weighted by atomic mass is 10.3. The van der Waals surface area contributed by atoms with Crippen LogP contribution in [-0.4, -0.2) is 40.4 Å². The molecule has 0 aliphatic carbocycles. The van der Waals surface area contributed by atoms with Crippen LogP contribution in [0.1, 0.15) is 12.8 Å². The maximum Gasteiger partial charge on any atom is 0.241 e. The molecule has 24 heavy (non-hydrogen) atoms. The van der Waals surface area contributed by atoms with Crippen molar-refractivity contribution in [3.63, 3.8) is 0 Å². The SMILES string of the molecule is NNc1cc(NCC(=O)N2CCCC2)nc(Nc2ccccc2)n1. The highest BCUT2D eigenvalue weighted by atomic mass is 16.2. The molecule has 126 valence electrons. The summed E-state index contributed by atoms with van der Waals surface area (Å²) in [6, 6.07) is 11.3. The molecule has 1 saturated heterocycles. The Hall–Kier alpha value is -2.87. The number of benzene rings is 1. The average molecular weight is 327 g/mol. The molecule has 0 unspecified atom stereocenters. The normalized spacial score (nSPS) is 13.6. The molecule has 3 rings (SSSR count). The van der Waals surface area contributed by atoms with E-state index in [1.807, 2.05) is 35.2 Å². The van der Waals surface area contributed by atoms with Gasteiger partial charge in [-0.25, -0.2) is 5.84 Å². The summed E-state index contributed by atoms with van der Waals surface area (Å²) in [7, 11) is 0. The molecular weight excluding hydrogens is 306 g/mol. The third-order valence-electron chi connectivity index (χ3n) is 3.78. The lowest BCUT2D eigenvalue weighted by Crippen LogP contribution is -2.33. The second-order valence-corrected chi connectivity index (χ2v) is 5.54. The van der Waals surface area contributed by atoms with Crippen LogP contribution < -0.4 is 21.9 Å². The van der Waals surface area contributed by atoms with E-state index in [1.54, 1.807) is 6.07 Å². The molecule has 1 amide bonds. The predicted octanol–water partition coefficient (Wildman–Crippen LogP) is 1.54. The van der Waals surface area contributed by atoms with Crippen molar-refractivity contribution in [2.24, 2.45) is 5.84 Å². The number of likely N-dealkylation sites (tertiary alicyclic amines) is 1. The van der Waals surface area contributed by atoms with Crippen molar-refractivity contribution in [3.8, 4) is 0 Å². The lowest BCUT2D eigenvalue weighted by Gasteiger charge is -2.16. The van der Waals surface area contributed by atoms with Crippen molar-refractivity contribution in [2.45, 2.75) is 12.8 Å². The minimum Gasteiger partial charge on any atom is -0.361 e. The fourth-order valence-corrected chi connectivity index (χ4v) is 2.56. The van der Waals surface area contributed by atoms with Crippen LogP contribution in [0.3, 0.4) is 0 Å². The van der Waals surface area contributed by atoms with Gasteiger partial charge in [0, 0.05) is 24.8 Å². The van der Waals surface area contributed by atoms with Gasteiger partial charge in [-0.1, -0.05) is 18.2 Å². The number of aromatic nitrogens is 2. The lowest BCUT2D eigenvalue weighted by molar-refractivity contribution is -0.128. The van der Waals surface area contributed by atoms with Gasteiger partial charge in [-0.3, -0.25) is 4.79 Å². The quantitative estimate of drug-likeness (QED) is 0.471. The molecule has 1 aliphatic rings. The standard InChI is InChI=1S/C16H21N7O/c17-22-14-10-13(18-11-15(24)23-8-4-5-9-23)20-16(21-14)19-12-6-2-1-3-7-12/h1-3,6-7,10H,4-5,8-9,11,17H2,(H3,18,19,20,21,22). The topological polar surface area (TPSA) is 108 Å². The van der Waals surface area contributed by atoms with E-state index in [0.717, 1.165) is 31.6 Å². The first-order valence-electron chi connectivity index (χ1n) is 7.94. The van der Waals surface area contributed by atoms with Crippen molar-refractivity contribution in [1.29, 1.82) is 0 Å². The van der Waals surface area contributed by atoms with E-state index in [0.29, 0.717) is 17.6 Å². The number of hydrazine groups is 1. The minimum absolute atomic E-state index is 0.0749. The number of carbonyl (C=O) groups excluding carboxylic acids is 1. The maximum atomic E-state index is 12.1. The molecule has 1 aromatic carbocycles. The first-order valence-corrected chi connectivity index (χ1v) is 7.94. The van der Waals surface area contributed by atoms with Crippen LogP contribution >= 0.6 is 0 Å². The highest BCUT2D eigenvalue weighted by Crippen LogP contribution is 2.17. The second kappa shape index (κ2) is 7.60. The number of rotatable bonds is 6. The molecule has 1 aromatic heterocycles. The number of hydrogen-bond acceptors (Lipinski definition) is 7. The zero-order valence-corrected chi connectivity index (χ0v) is 13.3. The fraction of sp³-hybridized carbons (Fsp3) is 0.312. The van der Waals surface area contributed by atoms with Gasteiger partial charge in [0.1, 0.15) is 11.6 Å². The molecular formula is C16H21N7O. The Morgan fingerprint density at radius 2 is 1.83 bits per heavy atom. The summed E-state index contributed by atoms with van der Waals surface area (Å²) in [6.07, 6.45) is 2.15. The summed E-state index contributed by atoms with van der Waals surface area (Å²) in [4.78, 5) is 22.6. The number of nitrogen functional groups attached to an aromatic ring is 1. The zero-order chi connectivity index (χ0) is 16.8. The highest BCUT2D eigenvalue weighted by molar-refractivity contribution is 5.81. The molecule has 0 radical (unpaired) electrons. The summed E-state index contributed by atoms with van der Waals surface area (Å²) in [5.41, 5.74) is 3.38. The highest BCUT2D eigenvalue weighted by Gasteiger charge is 2.17. The van der Waals surface area contributed by atoms with E-state index < -0.39 is 0 Å². The Balaban J connectivity index is 1.68. The van der Waals surface area contributed by atoms with Crippen LogP contribution in [0, 0.1) is 0 Å². The third-order valence-corrected chi connectivity index (χ3v) is 3.78. The molecule has 2 aromatic rings. The number of nitrogens with zero attached hydrogens (tertiary/aromatic N) is 3. The van der Waals surface area contributed by atoms with Gasteiger partial charge in [0.05, 0.1) is 6.54 Å². The van der Waals surface area contributed by atoms with Crippen molar-refractivity contribution in [3.05, 3.63) is 36.4 Å². The Morgan fingerprint density at radius 3 is 2.54 bits per heavy atom. The van der Waals surface area contributed by atoms with Gasteiger partial charge in [0.25, 0.3) is 0 Å². The monoisotopic (exact) mass is 327 g/mol. The molecule has 0 spiro atoms. The molecule has 0 bridgehead atoms. The Morgan fingerprint density at radius 1 is 1.12 bits per heavy atom. The predicted molar refractivity (Wildman–Crippen MR) is 93.9 cm³/mol. The van der Waals surface area contributed by atoms with Gasteiger partial charge in [0.2, 0.25) is 11.9 Å². The molecule has 0 atom stereocenters. The molecule has 8 nitrogen and oxygen atoms in total. The first kappa shape index (κ1) is 16.0. The molecule has 1 fully saturated rings. The number of carbonyl (C=O) groups is 1. The summed E-state index contributed by atoms with van der Waals surface area (Å²) in [6.45, 7) is 1.87. The molecule has 0 saturated carbocycles. The Bertz CT molecular complexity index is 686. The van der Waals surface area contributed by atoms with Gasteiger partial charge in [-0.15, -0.1) is 0 Å². The number of nitrogens with two attached hydrogens (primary N) is 1. The van der Waals surface area contributed by atoms with E-state index in [-0.39, 0.29) is 12.5 Å². The second-order valence-electron chi connectivity index (χ2n) is 5.54. The van der Waals surface area contributed by atoms with Gasteiger partial charge in [-0.05, 0) is 25.0 Å². The molecule has 2 heterocycles. The van der Waals surface area contributed by atoms with Gasteiger partial charge in [0.15, 0.2) is 0 Å². The number of hydrogen-bond donors (Lipinski definition) is 4. The number of para-hydroxylation sites is 1. The van der Waals surface area contributed by atoms with Crippen molar-refractivity contribution in [2.75, 3.05) is 35.7 Å². The average Bonchev–Trinajstić information content (AvgIpc) is 3.15. The van der Waals surface area contributed by atoms with E-state index >= 15 is 0 Å². The van der Waals surface area contributed by atoms with Crippen LogP contribution in [0.15, 0.2) is 36.4 Å². The van der Waals surface area contributed by atoms with Gasteiger partial charge in [-0.2, -0.15) is 9.97 Å². The fourth-order valence-electron chi connectivity index (χ4n) is 2.56. The van der Waals surface area contributed by atoms with Gasteiger partial charge >= 0.3 is 0 Å². The summed E-state index contributed by atoms with van der Waals surface area (Å²) in [5, 5.41) is 6.15. The zero-order valence-electron chi connectivity index (χ0n) is 13.3. The smallest absolute Gasteiger partial charge is 0.241 e. The van der Waals surface area contributed by atoms with Crippen molar-refractivity contribution >= 4 is 29.2 Å². The van der Waals surface area contributed by atoms with Crippen LogP contribution in [0.5, 0.6) is 0 Å². The maximum absolute atomic E-state index is 12.1. The number of nitrogens with one attached hydrogen (secondary N) is 3. The molecule has 1 aliphatic heterocycles. The Kier molecular flexibility index (Phi) is 5.07. The first-order chi connectivity index (χ1) is 11.7. The van der Waals surface area contributed by atoms with E-state index in [9.17, 15) is 4.79 Å². The van der Waals surface area contributed by atoms with Crippen LogP contribution in [0.4, 0.5) is 23.3 Å². The molecule has 8 heteroatoms. The third kappa shape index (κ3) is 4.11. The largest absolute Gasteiger partial charge is 0.361 e.